The molecular weight excluding hydrogens is 264 g/mol. The number of hydrogen-bond acceptors (Lipinski definition) is 3. The third-order valence-electron chi connectivity index (χ3n) is 3.92. The molecule has 0 aromatic heterocycles. The second kappa shape index (κ2) is 15.8. The number of aliphatic carboxylic acids is 1. The minimum Gasteiger partial charge on any atom is -0.480 e. The molecule has 4 nitrogen and oxygen atoms in total. The zero-order valence-electron chi connectivity index (χ0n) is 13.9. The Morgan fingerprint density at radius 2 is 1.52 bits per heavy atom. The van der Waals surface area contributed by atoms with Gasteiger partial charge in [-0.15, -0.1) is 0 Å². The van der Waals surface area contributed by atoms with E-state index in [4.69, 9.17) is 10.8 Å². The van der Waals surface area contributed by atoms with Crippen molar-refractivity contribution < 1.29 is 9.90 Å². The van der Waals surface area contributed by atoms with Gasteiger partial charge in [0.25, 0.3) is 0 Å². The Balaban J connectivity index is 3.39. The smallest absolute Gasteiger partial charge is 0.320 e. The van der Waals surface area contributed by atoms with Gasteiger partial charge in [0, 0.05) is 0 Å². The zero-order chi connectivity index (χ0) is 15.8. The van der Waals surface area contributed by atoms with Gasteiger partial charge < -0.3 is 16.2 Å². The molecule has 0 aromatic rings. The van der Waals surface area contributed by atoms with E-state index in [9.17, 15) is 4.79 Å². The monoisotopic (exact) mass is 300 g/mol. The lowest BCUT2D eigenvalue weighted by molar-refractivity contribution is -0.139. The van der Waals surface area contributed by atoms with Gasteiger partial charge in [-0.3, -0.25) is 4.79 Å². The van der Waals surface area contributed by atoms with Crippen LogP contribution in [0.25, 0.3) is 0 Å². The lowest BCUT2D eigenvalue weighted by atomic mass is 10.1. The summed E-state index contributed by atoms with van der Waals surface area (Å²) in [5.74, 6) is -0.733. The maximum absolute atomic E-state index is 11.1. The first-order chi connectivity index (χ1) is 10.2. The van der Waals surface area contributed by atoms with Crippen molar-refractivity contribution in [1.29, 1.82) is 0 Å². The molecule has 0 aliphatic rings. The molecule has 0 saturated heterocycles. The van der Waals surface area contributed by atoms with Crippen LogP contribution < -0.4 is 11.1 Å². The summed E-state index contributed by atoms with van der Waals surface area (Å²) in [5.41, 5.74) is 5.43. The van der Waals surface area contributed by atoms with E-state index >= 15 is 0 Å². The molecule has 4 heteroatoms. The normalized spacial score (nSPS) is 12.5. The molecule has 126 valence electrons. The summed E-state index contributed by atoms with van der Waals surface area (Å²) >= 11 is 0. The van der Waals surface area contributed by atoms with Gasteiger partial charge in [-0.25, -0.2) is 0 Å². The zero-order valence-corrected chi connectivity index (χ0v) is 13.9. The molecule has 0 aliphatic heterocycles. The summed E-state index contributed by atoms with van der Waals surface area (Å²) in [6.07, 6.45) is 14.1. The number of nitrogens with two attached hydrogens (primary N) is 1. The van der Waals surface area contributed by atoms with Gasteiger partial charge in [-0.1, -0.05) is 64.7 Å². The van der Waals surface area contributed by atoms with Gasteiger partial charge in [0.2, 0.25) is 0 Å². The number of rotatable bonds is 16. The molecule has 4 N–H and O–H groups in total. The van der Waals surface area contributed by atoms with Gasteiger partial charge in [-0.2, -0.15) is 0 Å². The second-order valence-electron chi connectivity index (χ2n) is 5.96. The Kier molecular flexibility index (Phi) is 15.3. The van der Waals surface area contributed by atoms with Crippen LogP contribution in [0.5, 0.6) is 0 Å². The third kappa shape index (κ3) is 14.1. The maximum atomic E-state index is 11.1. The summed E-state index contributed by atoms with van der Waals surface area (Å²) in [4.78, 5) is 11.1. The van der Waals surface area contributed by atoms with E-state index in [2.05, 4.69) is 12.2 Å². The first-order valence-electron chi connectivity index (χ1n) is 8.88. The number of nitrogens with one attached hydrogen (secondary N) is 1. The van der Waals surface area contributed by atoms with Crippen LogP contribution in [0.2, 0.25) is 0 Å². The number of carboxylic acids is 1. The Morgan fingerprint density at radius 3 is 2.05 bits per heavy atom. The van der Waals surface area contributed by atoms with E-state index in [-0.39, 0.29) is 0 Å². The van der Waals surface area contributed by atoms with Crippen molar-refractivity contribution in [1.82, 2.24) is 5.32 Å². The Labute approximate surface area is 130 Å². The van der Waals surface area contributed by atoms with Gasteiger partial charge in [0.05, 0.1) is 0 Å². The second-order valence-corrected chi connectivity index (χ2v) is 5.96. The number of carbonyl (C=O) groups is 1. The summed E-state index contributed by atoms with van der Waals surface area (Å²) in [7, 11) is 0. The fourth-order valence-corrected chi connectivity index (χ4v) is 2.52. The van der Waals surface area contributed by atoms with Crippen LogP contribution in [0.3, 0.4) is 0 Å². The molecule has 0 heterocycles. The van der Waals surface area contributed by atoms with Crippen molar-refractivity contribution in [2.45, 2.75) is 90.0 Å². The van der Waals surface area contributed by atoms with Crippen LogP contribution in [0.1, 0.15) is 84.0 Å². The Hall–Kier alpha value is -0.610. The van der Waals surface area contributed by atoms with Crippen molar-refractivity contribution >= 4 is 5.97 Å². The molecule has 0 saturated carbocycles. The lowest BCUT2D eigenvalue weighted by Crippen LogP contribution is -2.37. The number of carboxylic acid groups (broad SMARTS) is 1. The van der Waals surface area contributed by atoms with E-state index in [1.807, 2.05) is 0 Å². The van der Waals surface area contributed by atoms with Gasteiger partial charge in [0.1, 0.15) is 6.04 Å². The van der Waals surface area contributed by atoms with Crippen molar-refractivity contribution in [3.05, 3.63) is 0 Å². The first kappa shape index (κ1) is 20.4. The van der Waals surface area contributed by atoms with Crippen LogP contribution in [-0.2, 0) is 4.79 Å². The molecule has 0 spiro atoms. The summed E-state index contributed by atoms with van der Waals surface area (Å²) < 4.78 is 0. The van der Waals surface area contributed by atoms with Crippen molar-refractivity contribution in [2.75, 3.05) is 13.1 Å². The van der Waals surface area contributed by atoms with E-state index in [1.165, 1.54) is 51.4 Å². The predicted octanol–water partition coefficient (Wildman–Crippen LogP) is 3.69. The molecule has 0 aliphatic carbocycles. The molecule has 0 aromatic carbocycles. The highest BCUT2D eigenvalue weighted by Gasteiger charge is 2.15. The van der Waals surface area contributed by atoms with Gasteiger partial charge in [-0.05, 0) is 32.4 Å². The van der Waals surface area contributed by atoms with Crippen LogP contribution >= 0.6 is 0 Å². The van der Waals surface area contributed by atoms with E-state index in [1.54, 1.807) is 0 Å². The lowest BCUT2D eigenvalue weighted by Gasteiger charge is -2.14. The molecule has 0 amide bonds. The number of unbranched alkanes of at least 4 members (excludes halogenated alkanes) is 9. The average Bonchev–Trinajstić information content (AvgIpc) is 2.47. The molecule has 0 rings (SSSR count). The highest BCUT2D eigenvalue weighted by atomic mass is 16.4. The average molecular weight is 300 g/mol. The van der Waals surface area contributed by atoms with Crippen LogP contribution in [0.15, 0.2) is 0 Å². The Bertz CT molecular complexity index is 235. The maximum Gasteiger partial charge on any atom is 0.320 e. The van der Waals surface area contributed by atoms with E-state index in [0.717, 1.165) is 25.8 Å². The minimum absolute atomic E-state index is 0.398. The summed E-state index contributed by atoms with van der Waals surface area (Å²) in [6, 6.07) is -0.398. The Morgan fingerprint density at radius 1 is 0.952 bits per heavy atom. The molecule has 0 radical (unpaired) electrons. The van der Waals surface area contributed by atoms with Crippen molar-refractivity contribution in [3.8, 4) is 0 Å². The fourth-order valence-electron chi connectivity index (χ4n) is 2.52. The highest BCUT2D eigenvalue weighted by Crippen LogP contribution is 2.09. The van der Waals surface area contributed by atoms with Gasteiger partial charge in [0.15, 0.2) is 0 Å². The van der Waals surface area contributed by atoms with E-state index in [0.29, 0.717) is 13.0 Å². The number of hydrogen-bond donors (Lipinski definition) is 3. The third-order valence-corrected chi connectivity index (χ3v) is 3.92. The highest BCUT2D eigenvalue weighted by molar-refractivity contribution is 5.73. The molecule has 21 heavy (non-hydrogen) atoms. The molecule has 0 bridgehead atoms. The molecule has 1 unspecified atom stereocenters. The van der Waals surface area contributed by atoms with Crippen LogP contribution in [0, 0.1) is 0 Å². The van der Waals surface area contributed by atoms with Crippen LogP contribution in [0.4, 0.5) is 0 Å². The quantitative estimate of drug-likeness (QED) is 0.380. The van der Waals surface area contributed by atoms with Crippen molar-refractivity contribution in [3.63, 3.8) is 0 Å². The topological polar surface area (TPSA) is 75.3 Å². The summed E-state index contributed by atoms with van der Waals surface area (Å²) in [5, 5.41) is 12.3. The summed E-state index contributed by atoms with van der Waals surface area (Å²) in [6.45, 7) is 3.70. The molecule has 0 fully saturated rings. The molecule has 1 atom stereocenters. The largest absolute Gasteiger partial charge is 0.480 e. The predicted molar refractivity (Wildman–Crippen MR) is 89.6 cm³/mol. The van der Waals surface area contributed by atoms with E-state index < -0.39 is 12.0 Å². The van der Waals surface area contributed by atoms with Gasteiger partial charge >= 0.3 is 5.97 Å². The fraction of sp³-hybridized carbons (Fsp3) is 0.941. The van der Waals surface area contributed by atoms with Crippen molar-refractivity contribution in [2.24, 2.45) is 5.73 Å². The SMILES string of the molecule is CCCCCCCCCCCNC(CCCCN)C(=O)O. The standard InChI is InChI=1S/C17H36N2O2/c1-2-3-4-5-6-7-8-9-12-15-19-16(17(20)21)13-10-11-14-18/h16,19H,2-15,18H2,1H3,(H,20,21). The first-order valence-corrected chi connectivity index (χ1v) is 8.88. The molecular formula is C17H36N2O2. The van der Waals surface area contributed by atoms with Crippen LogP contribution in [-0.4, -0.2) is 30.2 Å². The minimum atomic E-state index is -0.733.